The molecule has 0 bridgehead atoms. The maximum atomic E-state index is 5.60. The smallest absolute Gasteiger partial charge is 0.231 e. The third-order valence-corrected chi connectivity index (χ3v) is 5.46. The van der Waals surface area contributed by atoms with Crippen molar-refractivity contribution in [2.24, 2.45) is 0 Å². The summed E-state index contributed by atoms with van der Waals surface area (Å²) in [5.41, 5.74) is 3.24. The predicted molar refractivity (Wildman–Crippen MR) is 111 cm³/mol. The second kappa shape index (κ2) is 7.64. The number of ether oxygens (including phenoxy) is 1. The molecule has 6 nitrogen and oxygen atoms in total. The van der Waals surface area contributed by atoms with Gasteiger partial charge in [0.15, 0.2) is 0 Å². The fourth-order valence-electron chi connectivity index (χ4n) is 3.94. The van der Waals surface area contributed by atoms with Gasteiger partial charge in [-0.1, -0.05) is 29.4 Å². The Labute approximate surface area is 169 Å². The van der Waals surface area contributed by atoms with Crippen LogP contribution in [-0.4, -0.2) is 40.2 Å². The molecule has 0 amide bonds. The number of hydrogen-bond donors (Lipinski definition) is 0. The monoisotopic (exact) mass is 386 g/mol. The van der Waals surface area contributed by atoms with Crippen LogP contribution >= 0.6 is 0 Å². The summed E-state index contributed by atoms with van der Waals surface area (Å²) < 4.78 is 10.9. The van der Waals surface area contributed by atoms with E-state index in [1.54, 1.807) is 7.11 Å². The van der Waals surface area contributed by atoms with Gasteiger partial charge in [0.2, 0.25) is 11.7 Å². The van der Waals surface area contributed by atoms with Gasteiger partial charge in [-0.2, -0.15) is 4.98 Å². The minimum Gasteiger partial charge on any atom is -0.497 e. The number of hydrogen-bond acceptors (Lipinski definition) is 6. The second-order valence-corrected chi connectivity index (χ2v) is 7.44. The van der Waals surface area contributed by atoms with Gasteiger partial charge in [-0.3, -0.25) is 9.88 Å². The SMILES string of the molecule is COc1cccc(-c2noc([C@H]3CCN(Cc4ccc5ncccc5c4)C3)n2)c1. The first kappa shape index (κ1) is 17.8. The number of aromatic nitrogens is 3. The van der Waals surface area contributed by atoms with Crippen LogP contribution in [0.3, 0.4) is 0 Å². The van der Waals surface area contributed by atoms with E-state index in [1.165, 1.54) is 10.9 Å². The summed E-state index contributed by atoms with van der Waals surface area (Å²) in [7, 11) is 1.65. The van der Waals surface area contributed by atoms with Crippen LogP contribution in [0.5, 0.6) is 5.75 Å². The molecule has 146 valence electrons. The van der Waals surface area contributed by atoms with Crippen LogP contribution in [0.4, 0.5) is 0 Å². The first-order chi connectivity index (χ1) is 14.3. The van der Waals surface area contributed by atoms with Crippen molar-refractivity contribution in [1.29, 1.82) is 0 Å². The first-order valence-electron chi connectivity index (χ1n) is 9.82. The molecule has 1 fully saturated rings. The lowest BCUT2D eigenvalue weighted by Crippen LogP contribution is -2.19. The van der Waals surface area contributed by atoms with Gasteiger partial charge in [-0.25, -0.2) is 0 Å². The van der Waals surface area contributed by atoms with Crippen LogP contribution in [0, 0.1) is 0 Å². The molecule has 4 aromatic rings. The van der Waals surface area contributed by atoms with Crippen molar-refractivity contribution in [3.63, 3.8) is 0 Å². The number of benzene rings is 2. The van der Waals surface area contributed by atoms with Gasteiger partial charge in [0.1, 0.15) is 5.75 Å². The summed E-state index contributed by atoms with van der Waals surface area (Å²) in [4.78, 5) is 11.5. The largest absolute Gasteiger partial charge is 0.497 e. The van der Waals surface area contributed by atoms with Gasteiger partial charge < -0.3 is 9.26 Å². The highest BCUT2D eigenvalue weighted by molar-refractivity contribution is 5.78. The third-order valence-electron chi connectivity index (χ3n) is 5.46. The summed E-state index contributed by atoms with van der Waals surface area (Å²) in [6.07, 6.45) is 2.85. The number of likely N-dealkylation sites (tertiary alicyclic amines) is 1. The fourth-order valence-corrected chi connectivity index (χ4v) is 3.94. The van der Waals surface area contributed by atoms with Crippen molar-refractivity contribution in [1.82, 2.24) is 20.0 Å². The second-order valence-electron chi connectivity index (χ2n) is 7.44. The van der Waals surface area contributed by atoms with E-state index in [4.69, 9.17) is 9.26 Å². The summed E-state index contributed by atoms with van der Waals surface area (Å²) in [5.74, 6) is 2.38. The average Bonchev–Trinajstić information content (AvgIpc) is 3.43. The Balaban J connectivity index is 1.27. The molecule has 0 N–H and O–H groups in total. The third kappa shape index (κ3) is 3.71. The Hall–Kier alpha value is -3.25. The minimum absolute atomic E-state index is 0.268. The molecule has 0 aliphatic carbocycles. The number of nitrogens with zero attached hydrogens (tertiary/aromatic N) is 4. The lowest BCUT2D eigenvalue weighted by atomic mass is 10.1. The average molecular weight is 386 g/mol. The highest BCUT2D eigenvalue weighted by Gasteiger charge is 2.28. The van der Waals surface area contributed by atoms with Gasteiger partial charge in [-0.05, 0) is 48.9 Å². The Morgan fingerprint density at radius 1 is 1.14 bits per heavy atom. The molecule has 6 heteroatoms. The van der Waals surface area contributed by atoms with Crippen LogP contribution < -0.4 is 4.74 Å². The van der Waals surface area contributed by atoms with Crippen LogP contribution in [0.15, 0.2) is 65.3 Å². The quantitative estimate of drug-likeness (QED) is 0.510. The van der Waals surface area contributed by atoms with Crippen molar-refractivity contribution < 1.29 is 9.26 Å². The van der Waals surface area contributed by atoms with Gasteiger partial charge in [0, 0.05) is 30.2 Å². The topological polar surface area (TPSA) is 64.3 Å². The summed E-state index contributed by atoms with van der Waals surface area (Å²) in [6, 6.07) is 18.3. The van der Waals surface area contributed by atoms with Crippen LogP contribution in [0.1, 0.15) is 23.8 Å². The van der Waals surface area contributed by atoms with Gasteiger partial charge in [0.25, 0.3) is 0 Å². The predicted octanol–water partition coefficient (Wildman–Crippen LogP) is 4.28. The maximum Gasteiger partial charge on any atom is 0.231 e. The summed E-state index contributed by atoms with van der Waals surface area (Å²) in [6.45, 7) is 2.86. The Morgan fingerprint density at radius 2 is 2.10 bits per heavy atom. The van der Waals surface area contributed by atoms with E-state index in [0.717, 1.165) is 42.9 Å². The molecule has 1 aliphatic rings. The molecule has 2 aromatic heterocycles. The number of fused-ring (bicyclic) bond motifs is 1. The van der Waals surface area contributed by atoms with Crippen LogP contribution in [0.2, 0.25) is 0 Å². The molecular formula is C23H22N4O2. The van der Waals surface area contributed by atoms with E-state index >= 15 is 0 Å². The van der Waals surface area contributed by atoms with Gasteiger partial charge >= 0.3 is 0 Å². The molecule has 29 heavy (non-hydrogen) atoms. The number of pyridine rings is 1. The van der Waals surface area contributed by atoms with E-state index in [1.807, 2.05) is 36.5 Å². The number of methoxy groups -OCH3 is 1. The molecule has 0 saturated carbocycles. The zero-order valence-electron chi connectivity index (χ0n) is 16.3. The molecule has 5 rings (SSSR count). The van der Waals surface area contributed by atoms with Gasteiger partial charge in [-0.15, -0.1) is 0 Å². The molecule has 3 heterocycles. The van der Waals surface area contributed by atoms with Gasteiger partial charge in [0.05, 0.1) is 18.5 Å². The standard InChI is InChI=1S/C23H22N4O2/c1-28-20-6-2-4-18(13-20)22-25-23(29-26-22)19-9-11-27(15-19)14-16-7-8-21-17(12-16)5-3-10-24-21/h2-8,10,12-13,19H,9,11,14-15H2,1H3/t19-/m0/s1. The van der Waals surface area contributed by atoms with Crippen molar-refractivity contribution in [3.8, 4) is 17.1 Å². The molecule has 0 radical (unpaired) electrons. The molecule has 1 saturated heterocycles. The van der Waals surface area contributed by atoms with Crippen molar-refractivity contribution >= 4 is 10.9 Å². The minimum atomic E-state index is 0.268. The normalized spacial score (nSPS) is 17.1. The first-order valence-corrected chi connectivity index (χ1v) is 9.82. The Morgan fingerprint density at radius 3 is 3.03 bits per heavy atom. The van der Waals surface area contributed by atoms with E-state index in [9.17, 15) is 0 Å². The molecule has 1 aliphatic heterocycles. The van der Waals surface area contributed by atoms with E-state index in [-0.39, 0.29) is 5.92 Å². The van der Waals surface area contributed by atoms with Crippen molar-refractivity contribution in [2.75, 3.05) is 20.2 Å². The highest BCUT2D eigenvalue weighted by atomic mass is 16.5. The molecule has 1 atom stereocenters. The van der Waals surface area contributed by atoms with E-state index < -0.39 is 0 Å². The zero-order chi connectivity index (χ0) is 19.6. The lowest BCUT2D eigenvalue weighted by Gasteiger charge is -2.15. The van der Waals surface area contributed by atoms with Crippen molar-refractivity contribution in [3.05, 3.63) is 72.2 Å². The molecule has 0 unspecified atom stereocenters. The van der Waals surface area contributed by atoms with Crippen LogP contribution in [-0.2, 0) is 6.54 Å². The zero-order valence-corrected chi connectivity index (χ0v) is 16.3. The van der Waals surface area contributed by atoms with E-state index in [2.05, 4.69) is 44.3 Å². The Bertz CT molecular complexity index is 1140. The summed E-state index contributed by atoms with van der Waals surface area (Å²) >= 11 is 0. The lowest BCUT2D eigenvalue weighted by molar-refractivity contribution is 0.309. The molecular weight excluding hydrogens is 364 g/mol. The summed E-state index contributed by atoms with van der Waals surface area (Å²) in [5, 5.41) is 5.36. The number of rotatable bonds is 5. The Kier molecular flexibility index (Phi) is 4.69. The highest BCUT2D eigenvalue weighted by Crippen LogP contribution is 2.29. The van der Waals surface area contributed by atoms with E-state index in [0.29, 0.717) is 11.7 Å². The maximum absolute atomic E-state index is 5.60. The van der Waals surface area contributed by atoms with Crippen molar-refractivity contribution in [2.45, 2.75) is 18.9 Å². The molecule has 0 spiro atoms. The molecule has 2 aromatic carbocycles. The fraction of sp³-hybridized carbons (Fsp3) is 0.261. The van der Waals surface area contributed by atoms with Crippen LogP contribution in [0.25, 0.3) is 22.3 Å².